The predicted molar refractivity (Wildman–Crippen MR) is 71.8 cm³/mol. The van der Waals surface area contributed by atoms with Crippen molar-refractivity contribution in [2.75, 3.05) is 0 Å². The molecule has 1 heteroatoms. The molecular weight excluding hydrogens is 260 g/mol. The zero-order valence-corrected chi connectivity index (χ0v) is 11.2. The molecule has 0 heterocycles. The van der Waals surface area contributed by atoms with Crippen LogP contribution in [0.15, 0.2) is 30.3 Å². The van der Waals surface area contributed by atoms with Crippen LogP contribution in [0.2, 0.25) is 0 Å². The molecule has 1 aromatic rings. The predicted octanol–water partition coefficient (Wildman–Crippen LogP) is 4.43. The van der Waals surface area contributed by atoms with E-state index in [1.165, 1.54) is 37.7 Å². The van der Waals surface area contributed by atoms with Gasteiger partial charge in [-0.2, -0.15) is 0 Å². The fraction of sp³-hybridized carbons (Fsp3) is 0.600. The van der Waals surface area contributed by atoms with Crippen molar-refractivity contribution in [1.82, 2.24) is 0 Å². The van der Waals surface area contributed by atoms with Crippen LogP contribution in [-0.4, -0.2) is 4.83 Å². The zero-order valence-electron chi connectivity index (χ0n) is 9.61. The average molecular weight is 279 g/mol. The maximum atomic E-state index is 3.94. The van der Waals surface area contributed by atoms with Crippen LogP contribution in [0.1, 0.15) is 31.2 Å². The molecule has 86 valence electrons. The summed E-state index contributed by atoms with van der Waals surface area (Å²) in [4.78, 5) is 0.699. The van der Waals surface area contributed by atoms with E-state index >= 15 is 0 Å². The van der Waals surface area contributed by atoms with Gasteiger partial charge in [-0.1, -0.05) is 52.7 Å². The van der Waals surface area contributed by atoms with Crippen molar-refractivity contribution in [3.05, 3.63) is 35.9 Å². The van der Waals surface area contributed by atoms with E-state index in [0.29, 0.717) is 4.83 Å². The van der Waals surface area contributed by atoms with Crippen LogP contribution in [0.3, 0.4) is 0 Å². The molecule has 0 amide bonds. The first-order valence-corrected chi connectivity index (χ1v) is 7.42. The molecule has 0 aliphatic heterocycles. The molecule has 0 radical (unpaired) electrons. The minimum Gasteiger partial charge on any atom is -0.0884 e. The molecule has 0 N–H and O–H groups in total. The molecule has 0 aromatic heterocycles. The van der Waals surface area contributed by atoms with Gasteiger partial charge in [0.1, 0.15) is 0 Å². The van der Waals surface area contributed by atoms with Gasteiger partial charge in [0.05, 0.1) is 0 Å². The second-order valence-electron chi connectivity index (χ2n) is 5.54. The number of halogens is 1. The number of benzene rings is 1. The van der Waals surface area contributed by atoms with E-state index in [-0.39, 0.29) is 0 Å². The molecule has 2 saturated carbocycles. The maximum absolute atomic E-state index is 3.94. The van der Waals surface area contributed by atoms with Crippen LogP contribution in [0.25, 0.3) is 0 Å². The average Bonchev–Trinajstić information content (AvgIpc) is 2.92. The molecule has 0 nitrogen and oxygen atoms in total. The van der Waals surface area contributed by atoms with Crippen molar-refractivity contribution in [3.8, 4) is 0 Å². The Morgan fingerprint density at radius 3 is 2.56 bits per heavy atom. The largest absolute Gasteiger partial charge is 0.0884 e. The molecule has 4 atom stereocenters. The summed E-state index contributed by atoms with van der Waals surface area (Å²) < 4.78 is 0. The van der Waals surface area contributed by atoms with Gasteiger partial charge in [0.2, 0.25) is 0 Å². The molecule has 2 bridgehead atoms. The van der Waals surface area contributed by atoms with Crippen LogP contribution in [0.5, 0.6) is 0 Å². The number of fused-ring (bicyclic) bond motifs is 2. The van der Waals surface area contributed by atoms with E-state index in [0.717, 1.165) is 17.8 Å². The third-order valence-electron chi connectivity index (χ3n) is 4.53. The molecule has 16 heavy (non-hydrogen) atoms. The number of rotatable bonds is 3. The highest BCUT2D eigenvalue weighted by molar-refractivity contribution is 9.09. The standard InChI is InChI=1S/C15H19Br/c16-15(10-11-4-2-1-3-5-11)14-9-12-6-7-13(14)8-12/h1-5,12-15H,6-10H2. The smallest absolute Gasteiger partial charge is 0.0217 e. The molecule has 2 aliphatic carbocycles. The summed E-state index contributed by atoms with van der Waals surface area (Å²) in [6.45, 7) is 0. The maximum Gasteiger partial charge on any atom is 0.0217 e. The number of hydrogen-bond acceptors (Lipinski definition) is 0. The van der Waals surface area contributed by atoms with E-state index in [4.69, 9.17) is 0 Å². The van der Waals surface area contributed by atoms with E-state index < -0.39 is 0 Å². The van der Waals surface area contributed by atoms with Gasteiger partial charge in [-0.3, -0.25) is 0 Å². The summed E-state index contributed by atoms with van der Waals surface area (Å²) >= 11 is 3.94. The van der Waals surface area contributed by atoms with Crippen molar-refractivity contribution in [2.24, 2.45) is 17.8 Å². The Bertz CT molecular complexity index is 346. The summed E-state index contributed by atoms with van der Waals surface area (Å²) in [6, 6.07) is 10.9. The summed E-state index contributed by atoms with van der Waals surface area (Å²) in [6.07, 6.45) is 7.20. The zero-order chi connectivity index (χ0) is 11.0. The Kier molecular flexibility index (Phi) is 3.06. The number of hydrogen-bond donors (Lipinski definition) is 0. The van der Waals surface area contributed by atoms with Gasteiger partial charge in [0.15, 0.2) is 0 Å². The van der Waals surface area contributed by atoms with E-state index in [1.807, 2.05) is 0 Å². The van der Waals surface area contributed by atoms with Gasteiger partial charge in [-0.25, -0.2) is 0 Å². The summed E-state index contributed by atoms with van der Waals surface area (Å²) in [5.41, 5.74) is 1.48. The van der Waals surface area contributed by atoms with Gasteiger partial charge in [0.25, 0.3) is 0 Å². The van der Waals surface area contributed by atoms with Crippen LogP contribution in [-0.2, 0) is 6.42 Å². The first kappa shape index (κ1) is 10.8. The first-order chi connectivity index (χ1) is 7.83. The lowest BCUT2D eigenvalue weighted by molar-refractivity contribution is 0.326. The van der Waals surface area contributed by atoms with Gasteiger partial charge < -0.3 is 0 Å². The van der Waals surface area contributed by atoms with Gasteiger partial charge in [0, 0.05) is 4.83 Å². The van der Waals surface area contributed by atoms with Gasteiger partial charge in [-0.15, -0.1) is 0 Å². The minimum absolute atomic E-state index is 0.699. The Labute approximate surface area is 107 Å². The van der Waals surface area contributed by atoms with Gasteiger partial charge >= 0.3 is 0 Å². The quantitative estimate of drug-likeness (QED) is 0.718. The van der Waals surface area contributed by atoms with E-state index in [1.54, 1.807) is 0 Å². The monoisotopic (exact) mass is 278 g/mol. The number of alkyl halides is 1. The SMILES string of the molecule is BrC(Cc1ccccc1)C1CC2CCC1C2. The van der Waals surface area contributed by atoms with Crippen LogP contribution >= 0.6 is 15.9 Å². The third-order valence-corrected chi connectivity index (χ3v) is 5.53. The summed E-state index contributed by atoms with van der Waals surface area (Å²) in [5.74, 6) is 3.03. The second kappa shape index (κ2) is 4.52. The molecule has 3 rings (SSSR count). The summed E-state index contributed by atoms with van der Waals surface area (Å²) in [7, 11) is 0. The van der Waals surface area contributed by atoms with Crippen molar-refractivity contribution in [1.29, 1.82) is 0 Å². The molecule has 2 aliphatic rings. The fourth-order valence-corrected chi connectivity index (χ4v) is 4.75. The normalized spacial score (nSPS) is 34.2. The fourth-order valence-electron chi connectivity index (χ4n) is 3.73. The Morgan fingerprint density at radius 2 is 1.94 bits per heavy atom. The molecule has 0 saturated heterocycles. The second-order valence-corrected chi connectivity index (χ2v) is 6.72. The Balaban J connectivity index is 1.64. The minimum atomic E-state index is 0.699. The molecule has 0 spiro atoms. The lowest BCUT2D eigenvalue weighted by Crippen LogP contribution is -2.22. The lowest BCUT2D eigenvalue weighted by Gasteiger charge is -2.26. The first-order valence-electron chi connectivity index (χ1n) is 6.51. The van der Waals surface area contributed by atoms with Crippen LogP contribution in [0, 0.1) is 17.8 Å². The highest BCUT2D eigenvalue weighted by atomic mass is 79.9. The third kappa shape index (κ3) is 2.07. The molecule has 4 unspecified atom stereocenters. The van der Waals surface area contributed by atoms with Crippen molar-refractivity contribution < 1.29 is 0 Å². The topological polar surface area (TPSA) is 0 Å². The highest BCUT2D eigenvalue weighted by Crippen LogP contribution is 2.51. The Morgan fingerprint density at radius 1 is 1.12 bits per heavy atom. The molecule has 2 fully saturated rings. The van der Waals surface area contributed by atoms with Gasteiger partial charge in [-0.05, 0) is 49.0 Å². The Hall–Kier alpha value is -0.300. The van der Waals surface area contributed by atoms with Crippen molar-refractivity contribution in [2.45, 2.75) is 36.9 Å². The lowest BCUT2D eigenvalue weighted by atomic mass is 9.84. The van der Waals surface area contributed by atoms with Crippen LogP contribution in [0.4, 0.5) is 0 Å². The van der Waals surface area contributed by atoms with Crippen LogP contribution < -0.4 is 0 Å². The highest BCUT2D eigenvalue weighted by Gasteiger charge is 2.42. The van der Waals surface area contributed by atoms with Crippen molar-refractivity contribution in [3.63, 3.8) is 0 Å². The molecular formula is C15H19Br. The van der Waals surface area contributed by atoms with E-state index in [9.17, 15) is 0 Å². The molecule has 1 aromatic carbocycles. The van der Waals surface area contributed by atoms with E-state index in [2.05, 4.69) is 46.3 Å². The summed E-state index contributed by atoms with van der Waals surface area (Å²) in [5, 5.41) is 0. The van der Waals surface area contributed by atoms with Crippen molar-refractivity contribution >= 4 is 15.9 Å².